The first-order chi connectivity index (χ1) is 5.54. The number of hydrogen-bond acceptors (Lipinski definition) is 0. The normalized spacial score (nSPS) is 30.2. The van der Waals surface area contributed by atoms with Crippen molar-refractivity contribution in [1.82, 2.24) is 0 Å². The Labute approximate surface area is 72.0 Å². The Bertz CT molecular complexity index is 226. The highest BCUT2D eigenvalue weighted by molar-refractivity contribution is 5.30. The summed E-state index contributed by atoms with van der Waals surface area (Å²) in [5, 5.41) is 0. The smallest absolute Gasteiger partial charge is 0.130 e. The van der Waals surface area contributed by atoms with E-state index in [1.807, 2.05) is 13.8 Å². The second kappa shape index (κ2) is 3.38. The minimum absolute atomic E-state index is 0.0487. The van der Waals surface area contributed by atoms with Gasteiger partial charge in [0.05, 0.1) is 0 Å². The lowest BCUT2D eigenvalue weighted by Crippen LogP contribution is -2.21. The Balaban J connectivity index is 2.97. The first kappa shape index (κ1) is 9.43. The summed E-state index contributed by atoms with van der Waals surface area (Å²) >= 11 is 0. The molecule has 0 aromatic rings. The highest BCUT2D eigenvalue weighted by Gasteiger charge is 2.27. The zero-order valence-electron chi connectivity index (χ0n) is 7.64. The highest BCUT2D eigenvalue weighted by Crippen LogP contribution is 2.32. The van der Waals surface area contributed by atoms with Crippen molar-refractivity contribution < 1.29 is 8.78 Å². The van der Waals surface area contributed by atoms with E-state index in [-0.39, 0.29) is 11.8 Å². The average Bonchev–Trinajstić information content (AvgIpc) is 1.97. The molecule has 2 atom stereocenters. The summed E-state index contributed by atoms with van der Waals surface area (Å²) in [5.74, 6) is -0.634. The molecule has 1 aliphatic carbocycles. The van der Waals surface area contributed by atoms with Gasteiger partial charge < -0.3 is 0 Å². The second-order valence-electron chi connectivity index (χ2n) is 3.58. The fourth-order valence-corrected chi connectivity index (χ4v) is 1.44. The van der Waals surface area contributed by atoms with Gasteiger partial charge in [-0.2, -0.15) is 0 Å². The molecule has 0 saturated heterocycles. The van der Waals surface area contributed by atoms with Crippen LogP contribution in [0.5, 0.6) is 0 Å². The molecule has 0 amide bonds. The molecule has 0 bridgehead atoms. The van der Waals surface area contributed by atoms with Crippen LogP contribution in [0.2, 0.25) is 0 Å². The van der Waals surface area contributed by atoms with Gasteiger partial charge in [-0.1, -0.05) is 26.8 Å². The van der Waals surface area contributed by atoms with Gasteiger partial charge in [0.15, 0.2) is 0 Å². The Hall–Kier alpha value is -0.660. The molecule has 1 aliphatic rings. The van der Waals surface area contributed by atoms with Crippen LogP contribution in [-0.4, -0.2) is 6.17 Å². The lowest BCUT2D eigenvalue weighted by atomic mass is 9.87. The standard InChI is InChI=1S/C10H14F2/c1-6(2)9-8(11)5-4-7(3)10(9)12/h4-7,10H,1-3H3. The van der Waals surface area contributed by atoms with Crippen LogP contribution in [0.15, 0.2) is 23.6 Å². The van der Waals surface area contributed by atoms with E-state index in [0.717, 1.165) is 0 Å². The Morgan fingerprint density at radius 3 is 2.42 bits per heavy atom. The van der Waals surface area contributed by atoms with Crippen LogP contribution in [0.25, 0.3) is 0 Å². The van der Waals surface area contributed by atoms with Gasteiger partial charge in [0.2, 0.25) is 0 Å². The predicted molar refractivity (Wildman–Crippen MR) is 46.2 cm³/mol. The predicted octanol–water partition coefficient (Wildman–Crippen LogP) is 3.41. The molecule has 1 rings (SSSR count). The topological polar surface area (TPSA) is 0 Å². The molecule has 0 aromatic heterocycles. The third kappa shape index (κ3) is 1.57. The van der Waals surface area contributed by atoms with Gasteiger partial charge in [-0.15, -0.1) is 0 Å². The van der Waals surface area contributed by atoms with E-state index < -0.39 is 12.0 Å². The van der Waals surface area contributed by atoms with Gasteiger partial charge in [-0.3, -0.25) is 0 Å². The van der Waals surface area contributed by atoms with Gasteiger partial charge in [-0.05, 0) is 12.0 Å². The molecule has 2 unspecified atom stereocenters. The minimum atomic E-state index is -1.14. The van der Waals surface area contributed by atoms with Crippen LogP contribution >= 0.6 is 0 Å². The van der Waals surface area contributed by atoms with E-state index in [9.17, 15) is 8.78 Å². The molecule has 0 spiro atoms. The molecular weight excluding hydrogens is 158 g/mol. The third-order valence-corrected chi connectivity index (χ3v) is 2.20. The van der Waals surface area contributed by atoms with Crippen molar-refractivity contribution in [1.29, 1.82) is 0 Å². The van der Waals surface area contributed by atoms with E-state index in [1.165, 1.54) is 6.08 Å². The third-order valence-electron chi connectivity index (χ3n) is 2.20. The summed E-state index contributed by atoms with van der Waals surface area (Å²) in [5.41, 5.74) is 0.310. The SMILES string of the molecule is CC(C)C1=C(F)C=CC(C)C1F. The maximum absolute atomic E-state index is 13.4. The van der Waals surface area contributed by atoms with Crippen molar-refractivity contribution in [3.8, 4) is 0 Å². The maximum Gasteiger partial charge on any atom is 0.130 e. The molecular formula is C10H14F2. The molecule has 0 saturated carbocycles. The van der Waals surface area contributed by atoms with Crippen molar-refractivity contribution in [2.24, 2.45) is 11.8 Å². The lowest BCUT2D eigenvalue weighted by molar-refractivity contribution is 0.289. The van der Waals surface area contributed by atoms with E-state index in [4.69, 9.17) is 0 Å². The van der Waals surface area contributed by atoms with Crippen LogP contribution in [0, 0.1) is 11.8 Å². The van der Waals surface area contributed by atoms with E-state index >= 15 is 0 Å². The summed E-state index contributed by atoms with van der Waals surface area (Å²) in [4.78, 5) is 0. The maximum atomic E-state index is 13.4. The Morgan fingerprint density at radius 1 is 1.42 bits per heavy atom. The van der Waals surface area contributed by atoms with E-state index in [0.29, 0.717) is 5.57 Å². The molecule has 0 N–H and O–H groups in total. The zero-order chi connectivity index (χ0) is 9.30. The van der Waals surface area contributed by atoms with Gasteiger partial charge in [0.1, 0.15) is 12.0 Å². The van der Waals surface area contributed by atoms with Gasteiger partial charge >= 0.3 is 0 Å². The number of halogens is 2. The molecule has 0 aromatic carbocycles. The van der Waals surface area contributed by atoms with Crippen molar-refractivity contribution in [2.45, 2.75) is 26.9 Å². The van der Waals surface area contributed by atoms with Crippen molar-refractivity contribution >= 4 is 0 Å². The number of rotatable bonds is 1. The number of alkyl halides is 1. The number of hydrogen-bond donors (Lipinski definition) is 0. The molecule has 0 aliphatic heterocycles. The second-order valence-corrected chi connectivity index (χ2v) is 3.58. The fraction of sp³-hybridized carbons (Fsp3) is 0.600. The fourth-order valence-electron chi connectivity index (χ4n) is 1.44. The van der Waals surface area contributed by atoms with Crippen molar-refractivity contribution in [3.05, 3.63) is 23.6 Å². The van der Waals surface area contributed by atoms with Crippen LogP contribution in [0.1, 0.15) is 20.8 Å². The summed E-state index contributed by atoms with van der Waals surface area (Å²) < 4.78 is 26.5. The molecule has 0 fully saturated rings. The minimum Gasteiger partial charge on any atom is -0.242 e. The summed E-state index contributed by atoms with van der Waals surface area (Å²) in [6.45, 7) is 5.39. The number of allylic oxidation sites excluding steroid dienone is 4. The molecule has 68 valence electrons. The zero-order valence-corrected chi connectivity index (χ0v) is 7.64. The molecule has 12 heavy (non-hydrogen) atoms. The van der Waals surface area contributed by atoms with Crippen LogP contribution < -0.4 is 0 Å². The Morgan fingerprint density at radius 2 is 2.00 bits per heavy atom. The first-order valence-corrected chi connectivity index (χ1v) is 4.26. The molecule has 0 heterocycles. The molecule has 0 nitrogen and oxygen atoms in total. The quantitative estimate of drug-likeness (QED) is 0.568. The summed E-state index contributed by atoms with van der Waals surface area (Å²) in [6, 6.07) is 0. The highest BCUT2D eigenvalue weighted by atomic mass is 19.1. The lowest BCUT2D eigenvalue weighted by Gasteiger charge is -2.23. The average molecular weight is 172 g/mol. The largest absolute Gasteiger partial charge is 0.242 e. The molecule has 2 heteroatoms. The van der Waals surface area contributed by atoms with E-state index in [2.05, 4.69) is 0 Å². The van der Waals surface area contributed by atoms with Crippen LogP contribution in [0.4, 0.5) is 8.78 Å². The van der Waals surface area contributed by atoms with Crippen LogP contribution in [0.3, 0.4) is 0 Å². The van der Waals surface area contributed by atoms with Gasteiger partial charge in [-0.25, -0.2) is 8.78 Å². The summed E-state index contributed by atoms with van der Waals surface area (Å²) in [6.07, 6.45) is 1.80. The van der Waals surface area contributed by atoms with Crippen molar-refractivity contribution in [2.75, 3.05) is 0 Å². The van der Waals surface area contributed by atoms with Crippen molar-refractivity contribution in [3.63, 3.8) is 0 Å². The van der Waals surface area contributed by atoms with Crippen LogP contribution in [-0.2, 0) is 0 Å². The first-order valence-electron chi connectivity index (χ1n) is 4.26. The molecule has 0 radical (unpaired) electrons. The van der Waals surface area contributed by atoms with Gasteiger partial charge in [0.25, 0.3) is 0 Å². The van der Waals surface area contributed by atoms with Gasteiger partial charge in [0, 0.05) is 11.5 Å². The van der Waals surface area contributed by atoms with E-state index in [1.54, 1.807) is 13.0 Å². The Kier molecular flexibility index (Phi) is 2.65. The summed E-state index contributed by atoms with van der Waals surface area (Å²) in [7, 11) is 0. The monoisotopic (exact) mass is 172 g/mol.